The summed E-state index contributed by atoms with van der Waals surface area (Å²) in [7, 11) is 0. The fourth-order valence-electron chi connectivity index (χ4n) is 3.45. The van der Waals surface area contributed by atoms with Crippen molar-refractivity contribution in [1.82, 2.24) is 4.90 Å². The maximum absolute atomic E-state index is 11.1. The number of likely N-dealkylation sites (tertiary alicyclic amines) is 1. The van der Waals surface area contributed by atoms with Gasteiger partial charge in [0.2, 0.25) is 0 Å². The molecule has 0 spiro atoms. The van der Waals surface area contributed by atoms with E-state index in [1.165, 1.54) is 0 Å². The predicted molar refractivity (Wildman–Crippen MR) is 80.0 cm³/mol. The number of piperidine rings is 1. The Balaban J connectivity index is 2.28. The van der Waals surface area contributed by atoms with Crippen molar-refractivity contribution in [3.63, 3.8) is 0 Å². The van der Waals surface area contributed by atoms with Crippen LogP contribution >= 0.6 is 0 Å². The Morgan fingerprint density at radius 2 is 1.74 bits per heavy atom. The van der Waals surface area contributed by atoms with E-state index in [2.05, 4.69) is 51.7 Å². The molecule has 1 N–H and O–H groups in total. The molecule has 3 atom stereocenters. The minimum Gasteiger partial charge on any atom is -0.385 e. The highest BCUT2D eigenvalue weighted by atomic mass is 16.3. The summed E-state index contributed by atoms with van der Waals surface area (Å²) in [5, 5.41) is 11.1. The van der Waals surface area contributed by atoms with Crippen molar-refractivity contribution in [3.8, 4) is 0 Å². The smallest absolute Gasteiger partial charge is 0.0948 e. The molecule has 0 unspecified atom stereocenters. The van der Waals surface area contributed by atoms with Crippen LogP contribution in [0.1, 0.15) is 46.6 Å². The minimum absolute atomic E-state index is 0.158. The second-order valence-corrected chi connectivity index (χ2v) is 7.07. The summed E-state index contributed by atoms with van der Waals surface area (Å²) >= 11 is 0. The Morgan fingerprint density at radius 3 is 2.26 bits per heavy atom. The van der Waals surface area contributed by atoms with Crippen molar-refractivity contribution in [3.05, 3.63) is 35.9 Å². The molecule has 1 heterocycles. The van der Waals surface area contributed by atoms with Gasteiger partial charge in [-0.05, 0) is 39.7 Å². The van der Waals surface area contributed by atoms with Gasteiger partial charge in [0.1, 0.15) is 0 Å². The van der Waals surface area contributed by atoms with Gasteiger partial charge in [0, 0.05) is 24.0 Å². The predicted octanol–water partition coefficient (Wildman–Crippen LogP) is 3.40. The van der Waals surface area contributed by atoms with Gasteiger partial charge in [-0.25, -0.2) is 0 Å². The minimum atomic E-state index is -0.692. The van der Waals surface area contributed by atoms with Crippen LogP contribution in [0, 0.1) is 5.92 Å². The summed E-state index contributed by atoms with van der Waals surface area (Å²) in [6.45, 7) is 12.1. The first kappa shape index (κ1) is 14.5. The van der Waals surface area contributed by atoms with Gasteiger partial charge < -0.3 is 5.11 Å². The van der Waals surface area contributed by atoms with E-state index in [1.807, 2.05) is 18.2 Å². The fraction of sp³-hybridized carbons (Fsp3) is 0.647. The van der Waals surface area contributed by atoms with Gasteiger partial charge in [-0.3, -0.25) is 4.90 Å². The van der Waals surface area contributed by atoms with Crippen LogP contribution in [0.25, 0.3) is 0 Å². The summed E-state index contributed by atoms with van der Waals surface area (Å²) in [6.07, 6.45) is 0.801. The molecule has 0 amide bonds. The Labute approximate surface area is 117 Å². The van der Waals surface area contributed by atoms with Crippen LogP contribution in [0.5, 0.6) is 0 Å². The van der Waals surface area contributed by atoms with Gasteiger partial charge in [0.15, 0.2) is 0 Å². The fourth-order valence-corrected chi connectivity index (χ4v) is 3.45. The number of nitrogens with zero attached hydrogens (tertiary/aromatic N) is 1. The lowest BCUT2D eigenvalue weighted by Gasteiger charge is -2.52. The first-order chi connectivity index (χ1) is 8.75. The zero-order valence-electron chi connectivity index (χ0n) is 12.9. The van der Waals surface area contributed by atoms with E-state index >= 15 is 0 Å². The SMILES string of the molecule is C[C@@H]1C[C@](O)(c2ccccc2)[C@H](C)CN1C(C)(C)C. The monoisotopic (exact) mass is 261 g/mol. The van der Waals surface area contributed by atoms with Crippen LogP contribution in [0.2, 0.25) is 0 Å². The highest BCUT2D eigenvalue weighted by Crippen LogP contribution is 2.41. The average Bonchev–Trinajstić information content (AvgIpc) is 2.33. The van der Waals surface area contributed by atoms with Gasteiger partial charge in [0.25, 0.3) is 0 Å². The summed E-state index contributed by atoms with van der Waals surface area (Å²) in [4.78, 5) is 2.51. The zero-order chi connectivity index (χ0) is 14.3. The van der Waals surface area contributed by atoms with E-state index < -0.39 is 5.60 Å². The molecule has 1 fully saturated rings. The molecule has 1 saturated heterocycles. The van der Waals surface area contributed by atoms with Crippen molar-refractivity contribution < 1.29 is 5.11 Å². The second-order valence-electron chi connectivity index (χ2n) is 7.07. The van der Waals surface area contributed by atoms with Crippen molar-refractivity contribution in [2.45, 2.75) is 58.2 Å². The van der Waals surface area contributed by atoms with Crippen molar-refractivity contribution in [2.75, 3.05) is 6.54 Å². The van der Waals surface area contributed by atoms with E-state index in [0.29, 0.717) is 6.04 Å². The molecule has 0 aliphatic carbocycles. The average molecular weight is 261 g/mol. The van der Waals surface area contributed by atoms with Crippen LogP contribution in [0.15, 0.2) is 30.3 Å². The molecule has 1 aromatic rings. The Bertz CT molecular complexity index is 423. The lowest BCUT2D eigenvalue weighted by Crippen LogP contribution is -2.58. The van der Waals surface area contributed by atoms with E-state index in [1.54, 1.807) is 0 Å². The third-order valence-corrected chi connectivity index (χ3v) is 4.56. The quantitative estimate of drug-likeness (QED) is 0.837. The van der Waals surface area contributed by atoms with E-state index in [9.17, 15) is 5.11 Å². The number of hydrogen-bond acceptors (Lipinski definition) is 2. The lowest BCUT2D eigenvalue weighted by molar-refractivity contribution is -0.111. The van der Waals surface area contributed by atoms with E-state index in [-0.39, 0.29) is 11.5 Å². The lowest BCUT2D eigenvalue weighted by atomic mass is 9.73. The molecule has 0 aromatic heterocycles. The molecule has 1 aliphatic heterocycles. The van der Waals surface area contributed by atoms with Gasteiger partial charge in [0.05, 0.1) is 5.60 Å². The third-order valence-electron chi connectivity index (χ3n) is 4.56. The third kappa shape index (κ3) is 2.70. The van der Waals surface area contributed by atoms with Gasteiger partial charge in [-0.15, -0.1) is 0 Å². The van der Waals surface area contributed by atoms with E-state index in [4.69, 9.17) is 0 Å². The maximum atomic E-state index is 11.1. The first-order valence-electron chi connectivity index (χ1n) is 7.30. The Hall–Kier alpha value is -0.860. The van der Waals surface area contributed by atoms with Crippen molar-refractivity contribution in [2.24, 2.45) is 5.92 Å². The van der Waals surface area contributed by atoms with Crippen LogP contribution in [-0.4, -0.2) is 28.1 Å². The molecular weight excluding hydrogens is 234 g/mol. The summed E-state index contributed by atoms with van der Waals surface area (Å²) < 4.78 is 0. The zero-order valence-corrected chi connectivity index (χ0v) is 12.9. The van der Waals surface area contributed by atoms with Crippen LogP contribution in [-0.2, 0) is 5.60 Å². The molecule has 2 heteroatoms. The number of hydrogen-bond donors (Lipinski definition) is 1. The first-order valence-corrected chi connectivity index (χ1v) is 7.30. The topological polar surface area (TPSA) is 23.5 Å². The number of rotatable bonds is 1. The molecule has 19 heavy (non-hydrogen) atoms. The Kier molecular flexibility index (Phi) is 3.76. The maximum Gasteiger partial charge on any atom is 0.0948 e. The number of benzene rings is 1. The molecule has 106 valence electrons. The van der Waals surface area contributed by atoms with Crippen LogP contribution in [0.4, 0.5) is 0 Å². The second kappa shape index (κ2) is 4.92. The van der Waals surface area contributed by atoms with Gasteiger partial charge in [-0.1, -0.05) is 37.3 Å². The molecule has 2 rings (SSSR count). The highest BCUT2D eigenvalue weighted by Gasteiger charge is 2.45. The molecule has 0 bridgehead atoms. The summed E-state index contributed by atoms with van der Waals surface area (Å²) in [6, 6.07) is 10.5. The molecule has 1 aromatic carbocycles. The van der Waals surface area contributed by atoms with Gasteiger partial charge >= 0.3 is 0 Å². The van der Waals surface area contributed by atoms with Crippen molar-refractivity contribution >= 4 is 0 Å². The Morgan fingerprint density at radius 1 is 1.16 bits per heavy atom. The largest absolute Gasteiger partial charge is 0.385 e. The van der Waals surface area contributed by atoms with Crippen molar-refractivity contribution in [1.29, 1.82) is 0 Å². The molecule has 0 radical (unpaired) electrons. The molecule has 2 nitrogen and oxygen atoms in total. The molecule has 1 aliphatic rings. The standard InChI is InChI=1S/C17H27NO/c1-13-12-18(16(3,4)5)14(2)11-17(13,19)15-9-7-6-8-10-15/h6-10,13-14,19H,11-12H2,1-5H3/t13-,14-,17-/m1/s1. The van der Waals surface area contributed by atoms with E-state index in [0.717, 1.165) is 18.5 Å². The molecule has 0 saturated carbocycles. The van der Waals surface area contributed by atoms with Gasteiger partial charge in [-0.2, -0.15) is 0 Å². The normalized spacial score (nSPS) is 33.4. The summed E-state index contributed by atoms with van der Waals surface area (Å²) in [5.41, 5.74) is 0.525. The molecular formula is C17H27NO. The van der Waals surface area contributed by atoms with Crippen LogP contribution < -0.4 is 0 Å². The summed E-state index contributed by atoms with van der Waals surface area (Å²) in [5.74, 6) is 0.241. The van der Waals surface area contributed by atoms with Crippen LogP contribution in [0.3, 0.4) is 0 Å². The highest BCUT2D eigenvalue weighted by molar-refractivity contribution is 5.24. The number of aliphatic hydroxyl groups is 1.